The van der Waals surface area contributed by atoms with Gasteiger partial charge in [0.25, 0.3) is 0 Å². The number of hydrogen-bond donors (Lipinski definition) is 2. The van der Waals surface area contributed by atoms with E-state index in [1.54, 1.807) is 12.1 Å². The third-order valence-corrected chi connectivity index (χ3v) is 3.67. The van der Waals surface area contributed by atoms with E-state index >= 15 is 0 Å². The van der Waals surface area contributed by atoms with Gasteiger partial charge in [0.05, 0.1) is 13.2 Å². The van der Waals surface area contributed by atoms with Gasteiger partial charge in [0.2, 0.25) is 0 Å². The van der Waals surface area contributed by atoms with Crippen molar-refractivity contribution in [1.29, 1.82) is 0 Å². The molecule has 23 heavy (non-hydrogen) atoms. The minimum atomic E-state index is 0. The van der Waals surface area contributed by atoms with E-state index in [1.165, 1.54) is 12.8 Å². The molecular formula is C17H28IN3O2. The lowest BCUT2D eigenvalue weighted by Crippen LogP contribution is -2.40. The Morgan fingerprint density at radius 2 is 2.04 bits per heavy atom. The Balaban J connectivity index is 0.00000264. The van der Waals surface area contributed by atoms with Gasteiger partial charge in [-0.1, -0.05) is 12.1 Å². The third kappa shape index (κ3) is 7.87. The summed E-state index contributed by atoms with van der Waals surface area (Å²) in [5, 5.41) is 12.6. The molecule has 0 atom stereocenters. The molecule has 2 N–H and O–H groups in total. The fraction of sp³-hybridized carbons (Fsp3) is 0.588. The van der Waals surface area contributed by atoms with Crippen molar-refractivity contribution in [2.24, 2.45) is 10.9 Å². The number of halogens is 1. The molecule has 1 fully saturated rings. The molecule has 0 unspecified atom stereocenters. The predicted octanol–water partition coefficient (Wildman–Crippen LogP) is 2.83. The van der Waals surface area contributed by atoms with Gasteiger partial charge in [0.1, 0.15) is 5.75 Å². The molecule has 0 radical (unpaired) electrons. The van der Waals surface area contributed by atoms with Crippen molar-refractivity contribution < 1.29 is 9.84 Å². The van der Waals surface area contributed by atoms with Gasteiger partial charge >= 0.3 is 0 Å². The molecule has 1 aromatic rings. The van der Waals surface area contributed by atoms with Gasteiger partial charge in [-0.3, -0.25) is 0 Å². The molecule has 0 bridgehead atoms. The fourth-order valence-electron chi connectivity index (χ4n) is 2.08. The van der Waals surface area contributed by atoms with Crippen LogP contribution in [-0.4, -0.2) is 49.3 Å². The van der Waals surface area contributed by atoms with Crippen molar-refractivity contribution in [3.8, 4) is 5.75 Å². The Morgan fingerprint density at radius 3 is 2.65 bits per heavy atom. The van der Waals surface area contributed by atoms with Crippen LogP contribution in [0.1, 0.15) is 25.3 Å². The molecule has 0 saturated heterocycles. The van der Waals surface area contributed by atoms with E-state index in [-0.39, 0.29) is 29.7 Å². The number of guanidine groups is 1. The highest BCUT2D eigenvalue weighted by atomic mass is 127. The zero-order valence-corrected chi connectivity index (χ0v) is 16.3. The van der Waals surface area contributed by atoms with E-state index in [0.29, 0.717) is 6.54 Å². The van der Waals surface area contributed by atoms with Crippen LogP contribution in [0.2, 0.25) is 0 Å². The number of rotatable bonds is 8. The van der Waals surface area contributed by atoms with Gasteiger partial charge in [-0.05, 0) is 43.4 Å². The molecule has 2 rings (SSSR count). The molecule has 130 valence electrons. The van der Waals surface area contributed by atoms with Crippen LogP contribution in [-0.2, 0) is 11.3 Å². The minimum absolute atomic E-state index is 0. The quantitative estimate of drug-likeness (QED) is 0.287. The number of nitrogens with one attached hydrogen (secondary N) is 1. The molecule has 0 amide bonds. The van der Waals surface area contributed by atoms with E-state index in [0.717, 1.165) is 43.7 Å². The normalized spacial score (nSPS) is 14.3. The van der Waals surface area contributed by atoms with Crippen molar-refractivity contribution in [2.75, 3.05) is 33.4 Å². The summed E-state index contributed by atoms with van der Waals surface area (Å²) < 4.78 is 5.68. The second-order valence-electron chi connectivity index (χ2n) is 5.78. The molecule has 0 aliphatic heterocycles. The van der Waals surface area contributed by atoms with Crippen LogP contribution in [0.4, 0.5) is 0 Å². The number of aliphatic imine (C=N–C) groups is 1. The number of hydrogen-bond acceptors (Lipinski definition) is 3. The Bertz CT molecular complexity index is 475. The summed E-state index contributed by atoms with van der Waals surface area (Å²) in [6.45, 7) is 5.95. The van der Waals surface area contributed by atoms with Crippen LogP contribution in [0, 0.1) is 5.92 Å². The standard InChI is InChI=1S/C17H27N3O2.HI/c1-3-18-17(19-12-14-6-8-16(21)9-7-14)20(2)10-11-22-13-15-4-5-15;/h6-9,15,21H,3-5,10-13H2,1-2H3,(H,18,19);1H. The number of ether oxygens (including phenoxy) is 1. The molecule has 0 spiro atoms. The van der Waals surface area contributed by atoms with Gasteiger partial charge in [-0.2, -0.15) is 0 Å². The Morgan fingerprint density at radius 1 is 1.35 bits per heavy atom. The number of benzene rings is 1. The smallest absolute Gasteiger partial charge is 0.194 e. The van der Waals surface area contributed by atoms with Crippen LogP contribution >= 0.6 is 24.0 Å². The number of likely N-dealkylation sites (N-methyl/N-ethyl adjacent to an activating group) is 1. The maximum absolute atomic E-state index is 9.30. The van der Waals surface area contributed by atoms with Crippen LogP contribution in [0.3, 0.4) is 0 Å². The number of phenolic OH excluding ortho intramolecular Hbond substituents is 1. The van der Waals surface area contributed by atoms with Crippen molar-refractivity contribution in [3.63, 3.8) is 0 Å². The third-order valence-electron chi connectivity index (χ3n) is 3.67. The number of phenols is 1. The first kappa shape index (κ1) is 20.0. The predicted molar refractivity (Wildman–Crippen MR) is 105 cm³/mol. The first-order chi connectivity index (χ1) is 10.7. The lowest BCUT2D eigenvalue weighted by molar-refractivity contribution is 0.115. The van der Waals surface area contributed by atoms with Crippen LogP contribution in [0.15, 0.2) is 29.3 Å². The second-order valence-corrected chi connectivity index (χ2v) is 5.78. The van der Waals surface area contributed by atoms with Crippen molar-refractivity contribution in [1.82, 2.24) is 10.2 Å². The lowest BCUT2D eigenvalue weighted by Gasteiger charge is -2.22. The van der Waals surface area contributed by atoms with E-state index in [4.69, 9.17) is 4.74 Å². The van der Waals surface area contributed by atoms with Crippen LogP contribution in [0.5, 0.6) is 5.75 Å². The molecule has 0 heterocycles. The fourth-order valence-corrected chi connectivity index (χ4v) is 2.08. The van der Waals surface area contributed by atoms with Gasteiger partial charge in [-0.25, -0.2) is 4.99 Å². The first-order valence-electron chi connectivity index (χ1n) is 8.04. The zero-order valence-electron chi connectivity index (χ0n) is 14.0. The lowest BCUT2D eigenvalue weighted by atomic mass is 10.2. The van der Waals surface area contributed by atoms with E-state index < -0.39 is 0 Å². The molecule has 6 heteroatoms. The van der Waals surface area contributed by atoms with E-state index in [2.05, 4.69) is 22.1 Å². The summed E-state index contributed by atoms with van der Waals surface area (Å²) >= 11 is 0. The zero-order chi connectivity index (χ0) is 15.8. The summed E-state index contributed by atoms with van der Waals surface area (Å²) in [6.07, 6.45) is 2.65. The highest BCUT2D eigenvalue weighted by Crippen LogP contribution is 2.28. The average molecular weight is 433 g/mol. The molecule has 5 nitrogen and oxygen atoms in total. The average Bonchev–Trinajstić information content (AvgIpc) is 3.33. The molecule has 1 saturated carbocycles. The molecule has 1 aliphatic rings. The second kappa shape index (κ2) is 10.7. The SMILES string of the molecule is CCNC(=NCc1ccc(O)cc1)N(C)CCOCC1CC1.I. The number of nitrogens with zero attached hydrogens (tertiary/aromatic N) is 2. The monoisotopic (exact) mass is 433 g/mol. The summed E-state index contributed by atoms with van der Waals surface area (Å²) in [6, 6.07) is 7.16. The summed E-state index contributed by atoms with van der Waals surface area (Å²) in [5.74, 6) is 1.97. The highest BCUT2D eigenvalue weighted by Gasteiger charge is 2.21. The number of aromatic hydroxyl groups is 1. The molecule has 0 aromatic heterocycles. The molecule has 1 aliphatic carbocycles. The summed E-state index contributed by atoms with van der Waals surface area (Å²) in [7, 11) is 2.03. The minimum Gasteiger partial charge on any atom is -0.508 e. The Kier molecular flexibility index (Phi) is 9.31. The van der Waals surface area contributed by atoms with Crippen LogP contribution in [0.25, 0.3) is 0 Å². The van der Waals surface area contributed by atoms with Gasteiger partial charge in [-0.15, -0.1) is 24.0 Å². The summed E-state index contributed by atoms with van der Waals surface area (Å²) in [5.41, 5.74) is 1.08. The van der Waals surface area contributed by atoms with Crippen molar-refractivity contribution in [3.05, 3.63) is 29.8 Å². The molecular weight excluding hydrogens is 405 g/mol. The largest absolute Gasteiger partial charge is 0.508 e. The van der Waals surface area contributed by atoms with Crippen molar-refractivity contribution in [2.45, 2.75) is 26.3 Å². The highest BCUT2D eigenvalue weighted by molar-refractivity contribution is 14.0. The topological polar surface area (TPSA) is 57.1 Å². The van der Waals surface area contributed by atoms with Gasteiger partial charge in [0.15, 0.2) is 5.96 Å². The van der Waals surface area contributed by atoms with Crippen LogP contribution < -0.4 is 5.32 Å². The maximum atomic E-state index is 9.30. The van der Waals surface area contributed by atoms with Gasteiger partial charge < -0.3 is 20.1 Å². The van der Waals surface area contributed by atoms with E-state index in [1.807, 2.05) is 19.2 Å². The van der Waals surface area contributed by atoms with Gasteiger partial charge in [0, 0.05) is 26.7 Å². The first-order valence-corrected chi connectivity index (χ1v) is 8.04. The Hall–Kier alpha value is -1.02. The maximum Gasteiger partial charge on any atom is 0.194 e. The van der Waals surface area contributed by atoms with Crippen molar-refractivity contribution >= 4 is 29.9 Å². The van der Waals surface area contributed by atoms with E-state index in [9.17, 15) is 5.11 Å². The summed E-state index contributed by atoms with van der Waals surface area (Å²) in [4.78, 5) is 6.73. The Labute approximate surface area is 156 Å². The molecule has 1 aromatic carbocycles.